The van der Waals surface area contributed by atoms with Gasteiger partial charge in [0.15, 0.2) is 0 Å². The van der Waals surface area contributed by atoms with Gasteiger partial charge in [0, 0.05) is 5.02 Å². The van der Waals surface area contributed by atoms with E-state index < -0.39 is 0 Å². The van der Waals surface area contributed by atoms with Crippen molar-refractivity contribution in [2.24, 2.45) is 0 Å². The molecule has 0 bridgehead atoms. The predicted octanol–water partition coefficient (Wildman–Crippen LogP) is 3.69. The molecule has 0 saturated carbocycles. The minimum Gasteiger partial charge on any atom is -0.213 e. The number of fused-ring (bicyclic) bond motifs is 1. The number of aromatic nitrogens is 3. The summed E-state index contributed by atoms with van der Waals surface area (Å²) >= 11 is 6.04. The number of nitrogens with zero attached hydrogens (tertiary/aromatic N) is 3. The molecule has 0 N–H and O–H groups in total. The maximum absolute atomic E-state index is 6.04. The van der Waals surface area contributed by atoms with Gasteiger partial charge in [-0.3, -0.25) is 0 Å². The topological polar surface area (TPSA) is 30.7 Å². The number of benzene rings is 2. The first-order valence-corrected chi connectivity index (χ1v) is 6.11. The van der Waals surface area contributed by atoms with Gasteiger partial charge < -0.3 is 0 Å². The summed E-state index contributed by atoms with van der Waals surface area (Å²) in [6.45, 7) is 4.13. The van der Waals surface area contributed by atoms with Crippen LogP contribution < -0.4 is 0 Å². The van der Waals surface area contributed by atoms with E-state index in [1.54, 1.807) is 0 Å². The summed E-state index contributed by atoms with van der Waals surface area (Å²) in [7, 11) is 0. The highest BCUT2D eigenvalue weighted by Crippen LogP contribution is 2.22. The Labute approximate surface area is 110 Å². The van der Waals surface area contributed by atoms with Crippen molar-refractivity contribution in [3.63, 3.8) is 0 Å². The van der Waals surface area contributed by atoms with Crippen LogP contribution in [0.5, 0.6) is 0 Å². The highest BCUT2D eigenvalue weighted by molar-refractivity contribution is 6.31. The summed E-state index contributed by atoms with van der Waals surface area (Å²) in [5.41, 5.74) is 5.17. The van der Waals surface area contributed by atoms with Crippen molar-refractivity contribution in [2.75, 3.05) is 0 Å². The molecule has 3 nitrogen and oxygen atoms in total. The zero-order chi connectivity index (χ0) is 12.7. The highest BCUT2D eigenvalue weighted by atomic mass is 35.5. The lowest BCUT2D eigenvalue weighted by Gasteiger charge is -2.07. The fourth-order valence-corrected chi connectivity index (χ4v) is 2.18. The summed E-state index contributed by atoms with van der Waals surface area (Å²) in [6, 6.07) is 11.9. The second-order valence-electron chi connectivity index (χ2n) is 4.42. The lowest BCUT2D eigenvalue weighted by molar-refractivity contribution is 0.818. The van der Waals surface area contributed by atoms with Gasteiger partial charge in [-0.25, -0.2) is 4.68 Å². The van der Waals surface area contributed by atoms with Crippen LogP contribution >= 0.6 is 11.6 Å². The Morgan fingerprint density at radius 2 is 1.89 bits per heavy atom. The van der Waals surface area contributed by atoms with Crippen LogP contribution in [0, 0.1) is 13.8 Å². The number of hydrogen-bond donors (Lipinski definition) is 0. The maximum Gasteiger partial charge on any atom is 0.113 e. The van der Waals surface area contributed by atoms with Crippen LogP contribution in [-0.2, 0) is 0 Å². The van der Waals surface area contributed by atoms with Crippen molar-refractivity contribution in [2.45, 2.75) is 13.8 Å². The third-order valence-corrected chi connectivity index (χ3v) is 3.24. The highest BCUT2D eigenvalue weighted by Gasteiger charge is 2.09. The molecule has 3 rings (SSSR count). The maximum atomic E-state index is 6.04. The zero-order valence-electron chi connectivity index (χ0n) is 10.2. The monoisotopic (exact) mass is 257 g/mol. The summed E-state index contributed by atoms with van der Waals surface area (Å²) < 4.78 is 1.84. The van der Waals surface area contributed by atoms with Gasteiger partial charge in [0.05, 0.1) is 11.2 Å². The number of halogens is 1. The Bertz CT molecular complexity index is 731. The molecule has 0 atom stereocenters. The van der Waals surface area contributed by atoms with Gasteiger partial charge in [-0.05, 0) is 49.2 Å². The Morgan fingerprint density at radius 3 is 2.72 bits per heavy atom. The van der Waals surface area contributed by atoms with Crippen molar-refractivity contribution in [1.29, 1.82) is 0 Å². The number of hydrogen-bond acceptors (Lipinski definition) is 2. The molecule has 0 fully saturated rings. The van der Waals surface area contributed by atoms with Gasteiger partial charge in [-0.1, -0.05) is 28.9 Å². The average molecular weight is 258 g/mol. The van der Waals surface area contributed by atoms with Gasteiger partial charge in [-0.2, -0.15) is 0 Å². The van der Waals surface area contributed by atoms with E-state index in [2.05, 4.69) is 42.4 Å². The molecular formula is C14H12ClN3. The lowest BCUT2D eigenvalue weighted by atomic mass is 10.1. The van der Waals surface area contributed by atoms with Gasteiger partial charge >= 0.3 is 0 Å². The van der Waals surface area contributed by atoms with Crippen LogP contribution in [0.25, 0.3) is 16.7 Å². The van der Waals surface area contributed by atoms with Crippen LogP contribution in [0.15, 0.2) is 36.4 Å². The lowest BCUT2D eigenvalue weighted by Crippen LogP contribution is -1.99. The van der Waals surface area contributed by atoms with Gasteiger partial charge in [-0.15, -0.1) is 5.10 Å². The molecule has 0 amide bonds. The molecule has 0 aliphatic rings. The van der Waals surface area contributed by atoms with Crippen LogP contribution in [0.1, 0.15) is 11.1 Å². The smallest absolute Gasteiger partial charge is 0.113 e. The summed E-state index contributed by atoms with van der Waals surface area (Å²) in [5, 5.41) is 9.07. The first-order valence-electron chi connectivity index (χ1n) is 5.74. The Balaban J connectivity index is 2.31. The Hall–Kier alpha value is -1.87. The van der Waals surface area contributed by atoms with E-state index in [-0.39, 0.29) is 0 Å². The Morgan fingerprint density at radius 1 is 1.06 bits per heavy atom. The molecule has 0 aliphatic heterocycles. The third-order valence-electron chi connectivity index (χ3n) is 3.00. The molecule has 2 aromatic carbocycles. The molecule has 0 radical (unpaired) electrons. The van der Waals surface area contributed by atoms with Crippen molar-refractivity contribution in [3.8, 4) is 5.69 Å². The molecule has 4 heteroatoms. The molecule has 3 aromatic rings. The van der Waals surface area contributed by atoms with Gasteiger partial charge in [0.25, 0.3) is 0 Å². The van der Waals surface area contributed by atoms with Gasteiger partial charge in [0.1, 0.15) is 5.52 Å². The molecule has 0 saturated heterocycles. The van der Waals surface area contributed by atoms with Crippen LogP contribution in [0.4, 0.5) is 0 Å². The Kier molecular flexibility index (Phi) is 2.56. The molecular weight excluding hydrogens is 246 g/mol. The first-order chi connectivity index (χ1) is 8.65. The minimum absolute atomic E-state index is 0.691. The molecule has 0 spiro atoms. The standard InChI is InChI=1S/C14H12ClN3/c1-9-3-4-10(2)13(7-9)18-14-8-11(15)5-6-12(14)16-17-18/h3-8H,1-2H3. The van der Waals surface area contributed by atoms with Crippen molar-refractivity contribution < 1.29 is 0 Å². The van der Waals surface area contributed by atoms with E-state index in [0.717, 1.165) is 22.3 Å². The van der Waals surface area contributed by atoms with E-state index in [1.807, 2.05) is 22.9 Å². The van der Waals surface area contributed by atoms with Gasteiger partial charge in [0.2, 0.25) is 0 Å². The molecule has 1 heterocycles. The van der Waals surface area contributed by atoms with Crippen LogP contribution in [0.3, 0.4) is 0 Å². The quantitative estimate of drug-likeness (QED) is 0.666. The molecule has 18 heavy (non-hydrogen) atoms. The average Bonchev–Trinajstić information content (AvgIpc) is 2.75. The van der Waals surface area contributed by atoms with E-state index in [4.69, 9.17) is 11.6 Å². The number of rotatable bonds is 1. The first kappa shape index (κ1) is 11.2. The van der Waals surface area contributed by atoms with E-state index in [1.165, 1.54) is 5.56 Å². The molecule has 90 valence electrons. The minimum atomic E-state index is 0.691. The summed E-state index contributed by atoms with van der Waals surface area (Å²) in [5.74, 6) is 0. The van der Waals surface area contributed by atoms with Crippen molar-refractivity contribution >= 4 is 22.6 Å². The fourth-order valence-electron chi connectivity index (χ4n) is 2.02. The third kappa shape index (κ3) is 1.77. The SMILES string of the molecule is Cc1ccc(C)c(-n2nnc3ccc(Cl)cc32)c1. The second kappa shape index (κ2) is 4.10. The van der Waals surface area contributed by atoms with E-state index >= 15 is 0 Å². The second-order valence-corrected chi connectivity index (χ2v) is 4.86. The van der Waals surface area contributed by atoms with Crippen LogP contribution in [-0.4, -0.2) is 15.0 Å². The van der Waals surface area contributed by atoms with Crippen LogP contribution in [0.2, 0.25) is 5.02 Å². The normalized spacial score (nSPS) is 11.1. The largest absolute Gasteiger partial charge is 0.213 e. The fraction of sp³-hybridized carbons (Fsp3) is 0.143. The van der Waals surface area contributed by atoms with Crippen molar-refractivity contribution in [1.82, 2.24) is 15.0 Å². The molecule has 0 aliphatic carbocycles. The zero-order valence-corrected chi connectivity index (χ0v) is 10.9. The van der Waals surface area contributed by atoms with E-state index in [0.29, 0.717) is 5.02 Å². The van der Waals surface area contributed by atoms with Crippen molar-refractivity contribution in [3.05, 3.63) is 52.5 Å². The molecule has 1 aromatic heterocycles. The predicted molar refractivity (Wildman–Crippen MR) is 73.3 cm³/mol. The molecule has 0 unspecified atom stereocenters. The summed E-state index contributed by atoms with van der Waals surface area (Å²) in [4.78, 5) is 0. The van der Waals surface area contributed by atoms with E-state index in [9.17, 15) is 0 Å². The summed E-state index contributed by atoms with van der Waals surface area (Å²) in [6.07, 6.45) is 0. The number of aryl methyl sites for hydroxylation is 2.